The molecule has 0 radical (unpaired) electrons. The first-order valence-corrected chi connectivity index (χ1v) is 9.21. The van der Waals surface area contributed by atoms with Crippen molar-refractivity contribution in [2.45, 2.75) is 24.9 Å². The Labute approximate surface area is 135 Å². The van der Waals surface area contributed by atoms with Crippen LogP contribution in [0, 0.1) is 12.7 Å². The second-order valence-corrected chi connectivity index (χ2v) is 8.06. The van der Waals surface area contributed by atoms with E-state index in [2.05, 4.69) is 20.7 Å². The molecule has 0 saturated carbocycles. The maximum Gasteiger partial charge on any atom is 0.240 e. The van der Waals surface area contributed by atoms with Crippen molar-refractivity contribution >= 4 is 37.3 Å². The molecule has 0 aliphatic carbocycles. The van der Waals surface area contributed by atoms with Gasteiger partial charge in [0.25, 0.3) is 0 Å². The zero-order chi connectivity index (χ0) is 15.6. The average molecular weight is 393 g/mol. The minimum Gasteiger partial charge on any atom is -0.326 e. The molecule has 3 N–H and O–H groups in total. The van der Waals surface area contributed by atoms with E-state index in [0.717, 1.165) is 9.35 Å². The van der Waals surface area contributed by atoms with Gasteiger partial charge in [-0.3, -0.25) is 0 Å². The van der Waals surface area contributed by atoms with Gasteiger partial charge in [-0.1, -0.05) is 0 Å². The molecule has 8 heteroatoms. The summed E-state index contributed by atoms with van der Waals surface area (Å²) in [6, 6.07) is 4.43. The average Bonchev–Trinajstić information content (AvgIpc) is 2.85. The SMILES string of the molecule is Cc1cc(S(=O)(=O)NCc2sccc2Br)cc(CN)c1F. The number of benzene rings is 1. The topological polar surface area (TPSA) is 72.2 Å². The number of nitrogens with two attached hydrogens (primary N) is 1. The molecule has 0 saturated heterocycles. The van der Waals surface area contributed by atoms with Crippen molar-refractivity contribution in [3.63, 3.8) is 0 Å². The first-order chi connectivity index (χ1) is 9.85. The second-order valence-electron chi connectivity index (χ2n) is 4.43. The normalized spacial score (nSPS) is 11.8. The molecular weight excluding hydrogens is 379 g/mol. The van der Waals surface area contributed by atoms with Gasteiger partial charge in [0, 0.05) is 28.0 Å². The number of sulfonamides is 1. The molecule has 0 spiro atoms. The number of nitrogens with one attached hydrogen (secondary N) is 1. The molecule has 1 aromatic heterocycles. The van der Waals surface area contributed by atoms with Crippen LogP contribution >= 0.6 is 27.3 Å². The van der Waals surface area contributed by atoms with Crippen LogP contribution in [0.5, 0.6) is 0 Å². The van der Waals surface area contributed by atoms with Crippen molar-refractivity contribution in [2.75, 3.05) is 0 Å². The molecule has 0 aliphatic rings. The minimum atomic E-state index is -3.71. The van der Waals surface area contributed by atoms with Crippen LogP contribution in [0.25, 0.3) is 0 Å². The van der Waals surface area contributed by atoms with Crippen LogP contribution in [0.3, 0.4) is 0 Å². The van der Waals surface area contributed by atoms with Crippen molar-refractivity contribution < 1.29 is 12.8 Å². The Morgan fingerprint density at radius 2 is 2.14 bits per heavy atom. The lowest BCUT2D eigenvalue weighted by Crippen LogP contribution is -2.23. The fraction of sp³-hybridized carbons (Fsp3) is 0.231. The van der Waals surface area contributed by atoms with Crippen LogP contribution < -0.4 is 10.5 Å². The van der Waals surface area contributed by atoms with Crippen molar-refractivity contribution in [1.82, 2.24) is 4.72 Å². The lowest BCUT2D eigenvalue weighted by atomic mass is 10.1. The third kappa shape index (κ3) is 3.70. The zero-order valence-corrected chi connectivity index (χ0v) is 14.4. The van der Waals surface area contributed by atoms with Crippen molar-refractivity contribution in [3.05, 3.63) is 49.9 Å². The van der Waals surface area contributed by atoms with Gasteiger partial charge < -0.3 is 5.73 Å². The van der Waals surface area contributed by atoms with Gasteiger partial charge in [0.2, 0.25) is 10.0 Å². The van der Waals surface area contributed by atoms with Crippen LogP contribution in [0.2, 0.25) is 0 Å². The summed E-state index contributed by atoms with van der Waals surface area (Å²) in [4.78, 5) is 0.894. The number of rotatable bonds is 5. The van der Waals surface area contributed by atoms with E-state index in [-0.39, 0.29) is 29.1 Å². The molecule has 1 aromatic carbocycles. The Hall–Kier alpha value is -0.800. The summed E-state index contributed by atoms with van der Waals surface area (Å²) in [6.07, 6.45) is 0. The summed E-state index contributed by atoms with van der Waals surface area (Å²) in [7, 11) is -3.71. The van der Waals surface area contributed by atoms with E-state index in [9.17, 15) is 12.8 Å². The Morgan fingerprint density at radius 1 is 1.43 bits per heavy atom. The maximum atomic E-state index is 13.7. The first kappa shape index (κ1) is 16.6. The van der Waals surface area contributed by atoms with Gasteiger partial charge in [0.15, 0.2) is 0 Å². The van der Waals surface area contributed by atoms with E-state index < -0.39 is 15.8 Å². The van der Waals surface area contributed by atoms with E-state index in [1.54, 1.807) is 0 Å². The highest BCUT2D eigenvalue weighted by Crippen LogP contribution is 2.24. The second kappa shape index (κ2) is 6.53. The quantitative estimate of drug-likeness (QED) is 0.821. The van der Waals surface area contributed by atoms with Crippen LogP contribution in [-0.2, 0) is 23.1 Å². The lowest BCUT2D eigenvalue weighted by Gasteiger charge is -2.10. The van der Waals surface area contributed by atoms with Gasteiger partial charge in [-0.2, -0.15) is 0 Å². The maximum absolute atomic E-state index is 13.7. The Morgan fingerprint density at radius 3 is 2.71 bits per heavy atom. The molecule has 1 heterocycles. The number of thiophene rings is 1. The van der Waals surface area contributed by atoms with Gasteiger partial charge in [-0.05, 0) is 52.0 Å². The van der Waals surface area contributed by atoms with Crippen LogP contribution in [-0.4, -0.2) is 8.42 Å². The van der Waals surface area contributed by atoms with E-state index in [1.807, 2.05) is 11.4 Å². The number of hydrogen-bond donors (Lipinski definition) is 2. The highest BCUT2D eigenvalue weighted by Gasteiger charge is 2.18. The highest BCUT2D eigenvalue weighted by molar-refractivity contribution is 9.10. The standard InChI is InChI=1S/C13H14BrFN2O2S2/c1-8-4-10(5-9(6-16)13(8)15)21(18,19)17-7-12-11(14)2-3-20-12/h2-5,17H,6-7,16H2,1H3. The molecule has 4 nitrogen and oxygen atoms in total. The molecule has 21 heavy (non-hydrogen) atoms. The van der Waals surface area contributed by atoms with Gasteiger partial charge in [-0.15, -0.1) is 11.3 Å². The number of hydrogen-bond acceptors (Lipinski definition) is 4. The molecule has 114 valence electrons. The largest absolute Gasteiger partial charge is 0.326 e. The fourth-order valence-corrected chi connectivity index (χ4v) is 4.46. The summed E-state index contributed by atoms with van der Waals surface area (Å²) < 4.78 is 41.7. The summed E-state index contributed by atoms with van der Waals surface area (Å²) >= 11 is 4.79. The van der Waals surface area contributed by atoms with Gasteiger partial charge in [-0.25, -0.2) is 17.5 Å². The van der Waals surface area contributed by atoms with E-state index in [0.29, 0.717) is 0 Å². The molecule has 0 fully saturated rings. The third-order valence-corrected chi connectivity index (χ3v) is 6.25. The summed E-state index contributed by atoms with van der Waals surface area (Å²) in [6.45, 7) is 1.64. The zero-order valence-electron chi connectivity index (χ0n) is 11.2. The molecule has 0 atom stereocenters. The third-order valence-electron chi connectivity index (χ3n) is 2.95. The Bertz CT molecular complexity index is 760. The molecule has 0 amide bonds. The van der Waals surface area contributed by atoms with E-state index in [1.165, 1.54) is 30.4 Å². The van der Waals surface area contributed by atoms with Gasteiger partial charge >= 0.3 is 0 Å². The molecule has 0 unspecified atom stereocenters. The fourth-order valence-electron chi connectivity index (χ4n) is 1.81. The van der Waals surface area contributed by atoms with E-state index >= 15 is 0 Å². The summed E-state index contributed by atoms with van der Waals surface area (Å²) in [5.74, 6) is -0.461. The predicted molar refractivity (Wildman–Crippen MR) is 85.1 cm³/mol. The molecule has 2 rings (SSSR count). The molecule has 2 aromatic rings. The summed E-state index contributed by atoms with van der Waals surface area (Å²) in [5, 5.41) is 1.86. The summed E-state index contributed by atoms with van der Waals surface area (Å²) in [5.41, 5.74) is 5.89. The molecule has 0 aliphatic heterocycles. The predicted octanol–water partition coefficient (Wildman–Crippen LogP) is 2.90. The Balaban J connectivity index is 2.27. The number of aryl methyl sites for hydroxylation is 1. The van der Waals surface area contributed by atoms with Crippen LogP contribution in [0.15, 0.2) is 32.9 Å². The van der Waals surface area contributed by atoms with Gasteiger partial charge in [0.1, 0.15) is 5.82 Å². The van der Waals surface area contributed by atoms with Crippen LogP contribution in [0.1, 0.15) is 16.0 Å². The van der Waals surface area contributed by atoms with Crippen molar-refractivity contribution in [1.29, 1.82) is 0 Å². The van der Waals surface area contributed by atoms with Crippen LogP contribution in [0.4, 0.5) is 4.39 Å². The monoisotopic (exact) mass is 392 g/mol. The smallest absolute Gasteiger partial charge is 0.240 e. The minimum absolute atomic E-state index is 0.0227. The van der Waals surface area contributed by atoms with Gasteiger partial charge in [0.05, 0.1) is 4.90 Å². The van der Waals surface area contributed by atoms with Crippen molar-refractivity contribution in [2.24, 2.45) is 5.73 Å². The molecular formula is C13H14BrFN2O2S2. The number of halogens is 2. The Kier molecular flexibility index (Phi) is 5.15. The molecule has 0 bridgehead atoms. The van der Waals surface area contributed by atoms with E-state index in [4.69, 9.17) is 5.73 Å². The lowest BCUT2D eigenvalue weighted by molar-refractivity contribution is 0.578. The first-order valence-electron chi connectivity index (χ1n) is 6.05. The van der Waals surface area contributed by atoms with Crippen molar-refractivity contribution in [3.8, 4) is 0 Å². The highest BCUT2D eigenvalue weighted by atomic mass is 79.9.